The quantitative estimate of drug-likeness (QED) is 0.782. The Hall–Kier alpha value is -1.31. The van der Waals surface area contributed by atoms with Crippen molar-refractivity contribution in [3.8, 4) is 0 Å². The van der Waals surface area contributed by atoms with Gasteiger partial charge in [-0.25, -0.2) is 8.42 Å². The summed E-state index contributed by atoms with van der Waals surface area (Å²) in [6.45, 7) is 3.03. The molecule has 106 valence electrons. The second-order valence-corrected chi connectivity index (χ2v) is 6.36. The van der Waals surface area contributed by atoms with E-state index in [1.54, 1.807) is 13.8 Å². The van der Waals surface area contributed by atoms with Crippen molar-refractivity contribution in [3.05, 3.63) is 22.7 Å². The van der Waals surface area contributed by atoms with Crippen LogP contribution in [0.2, 0.25) is 5.02 Å². The fourth-order valence-corrected chi connectivity index (χ4v) is 3.25. The molecule has 0 saturated heterocycles. The first-order chi connectivity index (χ1) is 8.70. The molecule has 0 heterocycles. The molecule has 19 heavy (non-hydrogen) atoms. The number of nitrogens with two attached hydrogens (primary N) is 2. The summed E-state index contributed by atoms with van der Waals surface area (Å²) in [7, 11) is -3.81. The van der Waals surface area contributed by atoms with Crippen molar-refractivity contribution >= 4 is 33.2 Å². The van der Waals surface area contributed by atoms with E-state index >= 15 is 0 Å². The standard InChI is InChI=1S/C11H16ClN3O3S/c1-3-15(6-10(14)16)19(17,18)8-4-7(2)11(12)9(13)5-8/h4-5H,3,6,13H2,1-2H3,(H2,14,16). The molecule has 0 aromatic heterocycles. The van der Waals surface area contributed by atoms with Crippen molar-refractivity contribution in [2.45, 2.75) is 18.7 Å². The molecule has 1 rings (SSSR count). The lowest BCUT2D eigenvalue weighted by Crippen LogP contribution is -2.38. The van der Waals surface area contributed by atoms with E-state index in [9.17, 15) is 13.2 Å². The smallest absolute Gasteiger partial charge is 0.243 e. The third kappa shape index (κ3) is 3.37. The molecule has 8 heteroatoms. The van der Waals surface area contributed by atoms with Gasteiger partial charge in [0, 0.05) is 6.54 Å². The number of sulfonamides is 1. The molecule has 0 radical (unpaired) electrons. The van der Waals surface area contributed by atoms with Crippen LogP contribution in [0.4, 0.5) is 5.69 Å². The van der Waals surface area contributed by atoms with Gasteiger partial charge in [-0.15, -0.1) is 0 Å². The summed E-state index contributed by atoms with van der Waals surface area (Å²) in [5, 5.41) is 0.317. The Morgan fingerprint density at radius 2 is 2.00 bits per heavy atom. The Morgan fingerprint density at radius 1 is 1.42 bits per heavy atom. The van der Waals surface area contributed by atoms with Crippen molar-refractivity contribution in [2.75, 3.05) is 18.8 Å². The van der Waals surface area contributed by atoms with Crippen molar-refractivity contribution in [3.63, 3.8) is 0 Å². The van der Waals surface area contributed by atoms with Crippen LogP contribution in [0, 0.1) is 6.92 Å². The lowest BCUT2D eigenvalue weighted by molar-refractivity contribution is -0.118. The summed E-state index contributed by atoms with van der Waals surface area (Å²) >= 11 is 5.89. The number of hydrogen-bond acceptors (Lipinski definition) is 4. The first kappa shape index (κ1) is 15.7. The maximum absolute atomic E-state index is 12.3. The van der Waals surface area contributed by atoms with Crippen molar-refractivity contribution < 1.29 is 13.2 Å². The van der Waals surface area contributed by atoms with Crippen molar-refractivity contribution in [1.82, 2.24) is 4.31 Å². The molecule has 1 aromatic carbocycles. The number of anilines is 1. The predicted molar refractivity (Wildman–Crippen MR) is 74.2 cm³/mol. The second kappa shape index (κ2) is 5.77. The predicted octanol–water partition coefficient (Wildman–Crippen LogP) is 0.727. The molecule has 1 amide bonds. The minimum atomic E-state index is -3.81. The van der Waals surface area contributed by atoms with Crippen LogP contribution >= 0.6 is 11.6 Å². The van der Waals surface area contributed by atoms with E-state index in [-0.39, 0.29) is 23.7 Å². The molecule has 0 atom stereocenters. The topological polar surface area (TPSA) is 106 Å². The molecular weight excluding hydrogens is 290 g/mol. The van der Waals surface area contributed by atoms with Gasteiger partial charge in [-0.05, 0) is 24.6 Å². The van der Waals surface area contributed by atoms with E-state index in [4.69, 9.17) is 23.1 Å². The molecule has 6 nitrogen and oxygen atoms in total. The van der Waals surface area contributed by atoms with Gasteiger partial charge in [0.2, 0.25) is 15.9 Å². The lowest BCUT2D eigenvalue weighted by Gasteiger charge is -2.19. The van der Waals surface area contributed by atoms with Gasteiger partial charge in [0.05, 0.1) is 22.2 Å². The monoisotopic (exact) mass is 305 g/mol. The molecule has 0 aliphatic carbocycles. The number of halogens is 1. The number of amides is 1. The van der Waals surface area contributed by atoms with Gasteiger partial charge in [0.1, 0.15) is 0 Å². The highest BCUT2D eigenvalue weighted by molar-refractivity contribution is 7.89. The minimum absolute atomic E-state index is 0.00463. The number of primary amides is 1. The van der Waals surface area contributed by atoms with Crippen LogP contribution in [0.15, 0.2) is 17.0 Å². The number of carbonyl (C=O) groups excluding carboxylic acids is 1. The average Bonchev–Trinajstić information content (AvgIpc) is 2.31. The van der Waals surface area contributed by atoms with Crippen LogP contribution in [-0.2, 0) is 14.8 Å². The molecule has 0 aliphatic rings. The Balaban J connectivity index is 3.30. The van der Waals surface area contributed by atoms with Gasteiger partial charge in [0.25, 0.3) is 0 Å². The third-order valence-corrected chi connectivity index (χ3v) is 4.99. The Bertz CT molecular complexity index is 578. The molecule has 0 aliphatic heterocycles. The van der Waals surface area contributed by atoms with Gasteiger partial charge in [0.15, 0.2) is 0 Å². The van der Waals surface area contributed by atoms with E-state index in [2.05, 4.69) is 0 Å². The van der Waals surface area contributed by atoms with E-state index in [0.717, 1.165) is 4.31 Å². The minimum Gasteiger partial charge on any atom is -0.397 e. The van der Waals surface area contributed by atoms with Crippen molar-refractivity contribution in [2.24, 2.45) is 5.73 Å². The van der Waals surface area contributed by atoms with Gasteiger partial charge in [-0.2, -0.15) is 4.31 Å². The summed E-state index contributed by atoms with van der Waals surface area (Å²) in [4.78, 5) is 10.9. The summed E-state index contributed by atoms with van der Waals surface area (Å²) in [5.41, 5.74) is 11.4. The van der Waals surface area contributed by atoms with Crippen LogP contribution in [0.25, 0.3) is 0 Å². The van der Waals surface area contributed by atoms with E-state index in [1.807, 2.05) is 0 Å². The van der Waals surface area contributed by atoms with Crippen LogP contribution in [0.1, 0.15) is 12.5 Å². The van der Waals surface area contributed by atoms with Gasteiger partial charge >= 0.3 is 0 Å². The Morgan fingerprint density at radius 3 is 2.42 bits per heavy atom. The fourth-order valence-electron chi connectivity index (χ4n) is 1.60. The zero-order valence-electron chi connectivity index (χ0n) is 10.7. The van der Waals surface area contributed by atoms with E-state index in [0.29, 0.717) is 10.6 Å². The van der Waals surface area contributed by atoms with E-state index in [1.165, 1.54) is 12.1 Å². The number of benzene rings is 1. The van der Waals surface area contributed by atoms with Crippen LogP contribution in [0.5, 0.6) is 0 Å². The molecule has 0 unspecified atom stereocenters. The Kier molecular flexibility index (Phi) is 4.78. The zero-order valence-corrected chi connectivity index (χ0v) is 12.3. The zero-order chi connectivity index (χ0) is 14.8. The normalized spacial score (nSPS) is 11.8. The summed E-state index contributed by atoms with van der Waals surface area (Å²) in [5.74, 6) is -0.718. The van der Waals surface area contributed by atoms with Crippen LogP contribution < -0.4 is 11.5 Å². The van der Waals surface area contributed by atoms with Gasteiger partial charge in [-0.1, -0.05) is 18.5 Å². The van der Waals surface area contributed by atoms with Gasteiger partial charge in [-0.3, -0.25) is 4.79 Å². The number of carbonyl (C=O) groups is 1. The SMILES string of the molecule is CCN(CC(N)=O)S(=O)(=O)c1cc(C)c(Cl)c(N)c1. The molecule has 0 saturated carbocycles. The second-order valence-electron chi connectivity index (χ2n) is 4.04. The molecule has 1 aromatic rings. The highest BCUT2D eigenvalue weighted by Crippen LogP contribution is 2.28. The van der Waals surface area contributed by atoms with Crippen LogP contribution in [0.3, 0.4) is 0 Å². The number of nitrogens with zero attached hydrogens (tertiary/aromatic N) is 1. The lowest BCUT2D eigenvalue weighted by atomic mass is 10.2. The highest BCUT2D eigenvalue weighted by atomic mass is 35.5. The average molecular weight is 306 g/mol. The summed E-state index contributed by atoms with van der Waals surface area (Å²) in [6.07, 6.45) is 0. The Labute approximate surface area is 117 Å². The molecule has 0 bridgehead atoms. The fraction of sp³-hybridized carbons (Fsp3) is 0.364. The number of aryl methyl sites for hydroxylation is 1. The first-order valence-corrected chi connectivity index (χ1v) is 7.36. The van der Waals surface area contributed by atoms with E-state index < -0.39 is 15.9 Å². The first-order valence-electron chi connectivity index (χ1n) is 5.54. The largest absolute Gasteiger partial charge is 0.397 e. The maximum atomic E-state index is 12.3. The molecule has 0 spiro atoms. The summed E-state index contributed by atoms with van der Waals surface area (Å²) < 4.78 is 25.7. The highest BCUT2D eigenvalue weighted by Gasteiger charge is 2.25. The number of rotatable bonds is 5. The number of nitrogen functional groups attached to an aromatic ring is 1. The molecular formula is C11H16ClN3O3S. The molecule has 4 N–H and O–H groups in total. The third-order valence-electron chi connectivity index (χ3n) is 2.58. The van der Waals surface area contributed by atoms with Crippen LogP contribution in [-0.4, -0.2) is 31.7 Å². The van der Waals surface area contributed by atoms with Gasteiger partial charge < -0.3 is 11.5 Å². The molecule has 0 fully saturated rings. The number of likely N-dealkylation sites (N-methyl/N-ethyl adjacent to an activating group) is 1. The number of hydrogen-bond donors (Lipinski definition) is 2. The van der Waals surface area contributed by atoms with Crippen molar-refractivity contribution in [1.29, 1.82) is 0 Å². The summed E-state index contributed by atoms with van der Waals surface area (Å²) in [6, 6.07) is 2.69. The maximum Gasteiger partial charge on any atom is 0.243 e.